The molecular formula is C34H66O6. The van der Waals surface area contributed by atoms with E-state index in [2.05, 4.69) is 0 Å². The van der Waals surface area contributed by atoms with E-state index in [1.807, 2.05) is 0 Å². The Hall–Kier alpha value is -1.14. The predicted molar refractivity (Wildman–Crippen MR) is 165 cm³/mol. The summed E-state index contributed by atoms with van der Waals surface area (Å²) < 4.78 is 10.7. The second-order valence-corrected chi connectivity index (χ2v) is 11.6. The van der Waals surface area contributed by atoms with Crippen molar-refractivity contribution in [3.05, 3.63) is 0 Å². The van der Waals surface area contributed by atoms with Gasteiger partial charge in [0.2, 0.25) is 0 Å². The van der Waals surface area contributed by atoms with Crippen molar-refractivity contribution < 1.29 is 29.3 Å². The highest BCUT2D eigenvalue weighted by Gasteiger charge is 2.04. The summed E-state index contributed by atoms with van der Waals surface area (Å²) in [6.07, 6.45) is 30.7. The molecule has 0 radical (unpaired) electrons. The van der Waals surface area contributed by atoms with Crippen molar-refractivity contribution in [3.63, 3.8) is 0 Å². The minimum absolute atomic E-state index is 0.0370. The Kier molecular flexibility index (Phi) is 33.1. The summed E-state index contributed by atoms with van der Waals surface area (Å²) in [5.41, 5.74) is 0. The van der Waals surface area contributed by atoms with E-state index in [1.54, 1.807) is 0 Å². The number of unbranched alkanes of at least 4 members (excludes halogenated alkanes) is 23. The van der Waals surface area contributed by atoms with Crippen molar-refractivity contribution >= 4 is 11.9 Å². The molecule has 0 spiro atoms. The number of aliphatic hydroxyl groups is 2. The molecule has 0 fully saturated rings. The van der Waals surface area contributed by atoms with E-state index in [9.17, 15) is 9.59 Å². The molecule has 0 aliphatic carbocycles. The van der Waals surface area contributed by atoms with Gasteiger partial charge >= 0.3 is 11.9 Å². The van der Waals surface area contributed by atoms with Gasteiger partial charge in [-0.25, -0.2) is 0 Å². The number of hydrogen-bond acceptors (Lipinski definition) is 6. The lowest BCUT2D eigenvalue weighted by Crippen LogP contribution is -2.05. The van der Waals surface area contributed by atoms with Crippen LogP contribution in [-0.2, 0) is 19.1 Å². The lowest BCUT2D eigenvalue weighted by atomic mass is 10.1. The molecule has 0 bridgehead atoms. The standard InChI is InChI=1S/C34H66O6/c35-29-23-17-11-5-7-13-19-25-31-39-33(37)27-21-15-9-3-1-2-4-10-16-22-28-34(38)40-32-26-20-14-8-6-12-18-24-30-36/h35-36H,1-32H2. The first-order valence-electron chi connectivity index (χ1n) is 17.2. The fraction of sp³-hybridized carbons (Fsp3) is 0.941. The summed E-state index contributed by atoms with van der Waals surface area (Å²) in [7, 11) is 0. The molecule has 0 aromatic heterocycles. The zero-order valence-electron chi connectivity index (χ0n) is 26.2. The van der Waals surface area contributed by atoms with Crippen molar-refractivity contribution in [2.75, 3.05) is 26.4 Å². The van der Waals surface area contributed by atoms with Crippen molar-refractivity contribution in [1.29, 1.82) is 0 Å². The van der Waals surface area contributed by atoms with Crippen LogP contribution in [0.1, 0.15) is 180 Å². The number of ether oxygens (including phenoxy) is 2. The van der Waals surface area contributed by atoms with Crippen molar-refractivity contribution in [2.24, 2.45) is 0 Å². The molecule has 0 aliphatic heterocycles. The quantitative estimate of drug-likeness (QED) is 0.0604. The first-order valence-corrected chi connectivity index (χ1v) is 17.2. The van der Waals surface area contributed by atoms with E-state index in [1.165, 1.54) is 89.9 Å². The molecule has 40 heavy (non-hydrogen) atoms. The largest absolute Gasteiger partial charge is 0.466 e. The number of rotatable bonds is 33. The first kappa shape index (κ1) is 38.9. The summed E-state index contributed by atoms with van der Waals surface area (Å²) in [6, 6.07) is 0. The average Bonchev–Trinajstić information content (AvgIpc) is 2.95. The summed E-state index contributed by atoms with van der Waals surface area (Å²) in [6.45, 7) is 1.76. The van der Waals surface area contributed by atoms with Crippen LogP contribution >= 0.6 is 0 Å². The zero-order chi connectivity index (χ0) is 29.2. The number of carbonyl (C=O) groups excluding carboxylic acids is 2. The summed E-state index contributed by atoms with van der Waals surface area (Å²) in [5.74, 6) is -0.0741. The van der Waals surface area contributed by atoms with Crippen molar-refractivity contribution in [1.82, 2.24) is 0 Å². The Balaban J connectivity index is 3.22. The highest BCUT2D eigenvalue weighted by molar-refractivity contribution is 5.69. The van der Waals surface area contributed by atoms with Gasteiger partial charge in [-0.15, -0.1) is 0 Å². The molecule has 0 heterocycles. The Morgan fingerprint density at radius 3 is 0.825 bits per heavy atom. The second kappa shape index (κ2) is 34.1. The van der Waals surface area contributed by atoms with Crippen molar-refractivity contribution in [2.45, 2.75) is 180 Å². The zero-order valence-corrected chi connectivity index (χ0v) is 26.2. The number of esters is 2. The molecule has 0 saturated heterocycles. The predicted octanol–water partition coefficient (Wildman–Crippen LogP) is 8.98. The first-order chi connectivity index (χ1) is 19.7. The van der Waals surface area contributed by atoms with Gasteiger partial charge in [0.15, 0.2) is 0 Å². The van der Waals surface area contributed by atoms with Crippen LogP contribution in [0.5, 0.6) is 0 Å². The van der Waals surface area contributed by atoms with Crippen LogP contribution < -0.4 is 0 Å². The Morgan fingerprint density at radius 2 is 0.550 bits per heavy atom. The van der Waals surface area contributed by atoms with E-state index in [0.29, 0.717) is 39.3 Å². The lowest BCUT2D eigenvalue weighted by Gasteiger charge is -2.06. The normalized spacial score (nSPS) is 11.2. The van der Waals surface area contributed by atoms with Crippen LogP contribution in [0.4, 0.5) is 0 Å². The highest BCUT2D eigenvalue weighted by Crippen LogP contribution is 2.13. The maximum Gasteiger partial charge on any atom is 0.305 e. The molecule has 0 unspecified atom stereocenters. The second-order valence-electron chi connectivity index (χ2n) is 11.6. The van der Waals surface area contributed by atoms with E-state index >= 15 is 0 Å². The molecule has 0 rings (SSSR count). The lowest BCUT2D eigenvalue weighted by molar-refractivity contribution is -0.144. The molecule has 0 atom stereocenters. The minimum Gasteiger partial charge on any atom is -0.466 e. The van der Waals surface area contributed by atoms with Gasteiger partial charge in [0.25, 0.3) is 0 Å². The van der Waals surface area contributed by atoms with E-state index < -0.39 is 0 Å². The van der Waals surface area contributed by atoms with E-state index in [-0.39, 0.29) is 11.9 Å². The van der Waals surface area contributed by atoms with Gasteiger partial charge in [-0.2, -0.15) is 0 Å². The van der Waals surface area contributed by atoms with Gasteiger partial charge in [0, 0.05) is 26.1 Å². The fourth-order valence-corrected chi connectivity index (χ4v) is 5.02. The molecule has 0 aliphatic rings. The Morgan fingerprint density at radius 1 is 0.325 bits per heavy atom. The Bertz CT molecular complexity index is 479. The SMILES string of the molecule is O=C(CCCCCCCCCCCCC(=O)OCCCCCCCCCCO)OCCCCCCCCCCO. The number of carbonyl (C=O) groups is 2. The molecule has 238 valence electrons. The van der Waals surface area contributed by atoms with Crippen LogP contribution in [0, 0.1) is 0 Å². The molecule has 0 saturated carbocycles. The third kappa shape index (κ3) is 33.1. The molecular weight excluding hydrogens is 504 g/mol. The minimum atomic E-state index is -0.0370. The van der Waals surface area contributed by atoms with E-state index in [4.69, 9.17) is 19.7 Å². The van der Waals surface area contributed by atoms with Gasteiger partial charge in [0.05, 0.1) is 13.2 Å². The molecule has 0 amide bonds. The smallest absolute Gasteiger partial charge is 0.305 e. The highest BCUT2D eigenvalue weighted by atomic mass is 16.5. The molecule has 0 aromatic rings. The van der Waals surface area contributed by atoms with Crippen LogP contribution in [0.3, 0.4) is 0 Å². The van der Waals surface area contributed by atoms with Gasteiger partial charge in [0.1, 0.15) is 0 Å². The van der Waals surface area contributed by atoms with Crippen LogP contribution in [0.15, 0.2) is 0 Å². The molecule has 6 heteroatoms. The summed E-state index contributed by atoms with van der Waals surface area (Å²) in [4.78, 5) is 23.7. The average molecular weight is 571 g/mol. The third-order valence-electron chi connectivity index (χ3n) is 7.64. The molecule has 6 nitrogen and oxygen atoms in total. The number of aliphatic hydroxyl groups excluding tert-OH is 2. The van der Waals surface area contributed by atoms with Crippen LogP contribution in [0.25, 0.3) is 0 Å². The van der Waals surface area contributed by atoms with Crippen molar-refractivity contribution in [3.8, 4) is 0 Å². The van der Waals surface area contributed by atoms with Gasteiger partial charge < -0.3 is 19.7 Å². The van der Waals surface area contributed by atoms with Gasteiger partial charge in [-0.1, -0.05) is 128 Å². The number of hydrogen-bond donors (Lipinski definition) is 2. The van der Waals surface area contributed by atoms with Gasteiger partial charge in [-0.3, -0.25) is 9.59 Å². The summed E-state index contributed by atoms with van der Waals surface area (Å²) in [5, 5.41) is 17.5. The molecule has 0 aromatic carbocycles. The molecule has 2 N–H and O–H groups in total. The Labute approximate surface area is 247 Å². The maximum atomic E-state index is 11.8. The third-order valence-corrected chi connectivity index (χ3v) is 7.64. The topological polar surface area (TPSA) is 93.1 Å². The monoisotopic (exact) mass is 570 g/mol. The summed E-state index contributed by atoms with van der Waals surface area (Å²) >= 11 is 0. The fourth-order valence-electron chi connectivity index (χ4n) is 5.02. The van der Waals surface area contributed by atoms with Crippen LogP contribution in [-0.4, -0.2) is 48.6 Å². The van der Waals surface area contributed by atoms with Crippen LogP contribution in [0.2, 0.25) is 0 Å². The van der Waals surface area contributed by atoms with Gasteiger partial charge in [-0.05, 0) is 38.5 Å². The maximum absolute atomic E-state index is 11.8. The van der Waals surface area contributed by atoms with E-state index in [0.717, 1.165) is 77.0 Å².